The predicted octanol–water partition coefficient (Wildman–Crippen LogP) is 3.33. The van der Waals surface area contributed by atoms with Crippen LogP contribution in [-0.2, 0) is 22.9 Å². The summed E-state index contributed by atoms with van der Waals surface area (Å²) >= 11 is 0. The van der Waals surface area contributed by atoms with Crippen LogP contribution in [0.3, 0.4) is 0 Å². The zero-order chi connectivity index (χ0) is 20.1. The molecular weight excluding hydrogens is 379 g/mol. The Balaban J connectivity index is 1.57. The third kappa shape index (κ3) is 5.24. The van der Waals surface area contributed by atoms with Crippen molar-refractivity contribution in [2.24, 2.45) is 5.92 Å². The standard InChI is InChI=1S/C20H23FN4O2S/c1-14(2)13-15-3-9-18(10-4-15)28(26,27)22-12-11-19-23-20(25-24-19)16-5-7-17(21)8-6-16/h3-10,14,22H,11-13H2,1-2H3,(H,23,24,25). The lowest BCUT2D eigenvalue weighted by Gasteiger charge is -2.08. The molecule has 1 aromatic heterocycles. The first-order valence-electron chi connectivity index (χ1n) is 9.09. The number of H-pyrrole nitrogens is 1. The number of rotatable bonds is 8. The Kier molecular flexibility index (Phi) is 6.21. The molecule has 0 saturated carbocycles. The molecule has 6 nitrogen and oxygen atoms in total. The molecule has 0 atom stereocenters. The molecule has 0 fully saturated rings. The Morgan fingerprint density at radius 3 is 2.39 bits per heavy atom. The molecule has 0 saturated heterocycles. The molecule has 1 heterocycles. The molecule has 3 rings (SSSR count). The second-order valence-electron chi connectivity index (χ2n) is 7.00. The fourth-order valence-corrected chi connectivity index (χ4v) is 3.83. The SMILES string of the molecule is CC(C)Cc1ccc(S(=O)(=O)NCCc2nc(-c3ccc(F)cc3)n[nH]2)cc1. The number of benzene rings is 2. The second kappa shape index (κ2) is 8.62. The van der Waals surface area contributed by atoms with Gasteiger partial charge in [-0.2, -0.15) is 5.10 Å². The topological polar surface area (TPSA) is 87.7 Å². The van der Waals surface area contributed by atoms with Crippen LogP contribution in [-0.4, -0.2) is 30.1 Å². The van der Waals surface area contributed by atoms with Crippen LogP contribution in [0, 0.1) is 11.7 Å². The summed E-state index contributed by atoms with van der Waals surface area (Å²) in [6.07, 6.45) is 1.27. The maximum atomic E-state index is 13.0. The Morgan fingerprint density at radius 2 is 1.75 bits per heavy atom. The minimum absolute atomic E-state index is 0.189. The number of nitrogens with one attached hydrogen (secondary N) is 2. The van der Waals surface area contributed by atoms with Crippen LogP contribution in [0.5, 0.6) is 0 Å². The van der Waals surface area contributed by atoms with Crippen molar-refractivity contribution in [2.45, 2.75) is 31.6 Å². The first-order valence-corrected chi connectivity index (χ1v) is 10.6. The Labute approximate surface area is 164 Å². The summed E-state index contributed by atoms with van der Waals surface area (Å²) in [5.74, 6) is 1.18. The van der Waals surface area contributed by atoms with E-state index in [1.165, 1.54) is 12.1 Å². The van der Waals surface area contributed by atoms with Crippen LogP contribution in [0.4, 0.5) is 4.39 Å². The van der Waals surface area contributed by atoms with Gasteiger partial charge in [0.1, 0.15) is 11.6 Å². The molecule has 0 spiro atoms. The largest absolute Gasteiger partial charge is 0.263 e. The fourth-order valence-electron chi connectivity index (χ4n) is 2.80. The van der Waals surface area contributed by atoms with Gasteiger partial charge in [-0.25, -0.2) is 22.5 Å². The van der Waals surface area contributed by atoms with Gasteiger partial charge in [0.05, 0.1) is 4.90 Å². The molecule has 0 aliphatic carbocycles. The summed E-state index contributed by atoms with van der Waals surface area (Å²) in [6.45, 7) is 4.43. The summed E-state index contributed by atoms with van der Waals surface area (Å²) in [7, 11) is -3.58. The van der Waals surface area contributed by atoms with E-state index in [1.54, 1.807) is 24.3 Å². The van der Waals surface area contributed by atoms with Crippen LogP contribution in [0.15, 0.2) is 53.4 Å². The number of sulfonamides is 1. The Hall–Kier alpha value is -2.58. The third-order valence-electron chi connectivity index (χ3n) is 4.17. The summed E-state index contributed by atoms with van der Waals surface area (Å²) < 4.78 is 40.4. The number of hydrogen-bond acceptors (Lipinski definition) is 4. The highest BCUT2D eigenvalue weighted by molar-refractivity contribution is 7.89. The van der Waals surface area contributed by atoms with Gasteiger partial charge in [0.25, 0.3) is 0 Å². The van der Waals surface area contributed by atoms with E-state index in [9.17, 15) is 12.8 Å². The van der Waals surface area contributed by atoms with Gasteiger partial charge >= 0.3 is 0 Å². The van der Waals surface area contributed by atoms with Gasteiger partial charge in [-0.15, -0.1) is 0 Å². The maximum Gasteiger partial charge on any atom is 0.240 e. The normalized spacial score (nSPS) is 11.9. The van der Waals surface area contributed by atoms with Crippen molar-refractivity contribution >= 4 is 10.0 Å². The van der Waals surface area contributed by atoms with E-state index in [0.717, 1.165) is 12.0 Å². The minimum Gasteiger partial charge on any atom is -0.263 e. The van der Waals surface area contributed by atoms with Gasteiger partial charge in [-0.3, -0.25) is 5.10 Å². The zero-order valence-electron chi connectivity index (χ0n) is 15.8. The van der Waals surface area contributed by atoms with Crippen LogP contribution >= 0.6 is 0 Å². The number of halogens is 1. The number of hydrogen-bond donors (Lipinski definition) is 2. The van der Waals surface area contributed by atoms with Gasteiger partial charge < -0.3 is 0 Å². The molecule has 2 N–H and O–H groups in total. The highest BCUT2D eigenvalue weighted by Gasteiger charge is 2.14. The van der Waals surface area contributed by atoms with Gasteiger partial charge in [-0.1, -0.05) is 26.0 Å². The van der Waals surface area contributed by atoms with E-state index < -0.39 is 10.0 Å². The van der Waals surface area contributed by atoms with E-state index in [2.05, 4.69) is 33.8 Å². The average Bonchev–Trinajstić information content (AvgIpc) is 3.11. The van der Waals surface area contributed by atoms with Crippen LogP contribution in [0.1, 0.15) is 25.2 Å². The van der Waals surface area contributed by atoms with Crippen LogP contribution < -0.4 is 4.72 Å². The molecule has 148 valence electrons. The van der Waals surface area contributed by atoms with E-state index >= 15 is 0 Å². The van der Waals surface area contributed by atoms with Crippen molar-refractivity contribution in [3.63, 3.8) is 0 Å². The van der Waals surface area contributed by atoms with Crippen molar-refractivity contribution in [3.8, 4) is 11.4 Å². The molecule has 8 heteroatoms. The van der Waals surface area contributed by atoms with Crippen molar-refractivity contribution in [3.05, 3.63) is 65.7 Å². The van der Waals surface area contributed by atoms with Gasteiger partial charge in [-0.05, 0) is 54.3 Å². The first kappa shape index (κ1) is 20.2. The quantitative estimate of drug-likeness (QED) is 0.605. The summed E-state index contributed by atoms with van der Waals surface area (Å²) in [5, 5.41) is 6.87. The van der Waals surface area contributed by atoms with Gasteiger partial charge in [0.15, 0.2) is 5.82 Å². The van der Waals surface area contributed by atoms with Crippen LogP contribution in [0.25, 0.3) is 11.4 Å². The van der Waals surface area contributed by atoms with Gasteiger partial charge in [0.2, 0.25) is 10.0 Å². The first-order chi connectivity index (χ1) is 13.3. The van der Waals surface area contributed by atoms with Crippen molar-refractivity contribution < 1.29 is 12.8 Å². The second-order valence-corrected chi connectivity index (χ2v) is 8.77. The molecule has 0 aliphatic heterocycles. The average molecular weight is 402 g/mol. The zero-order valence-corrected chi connectivity index (χ0v) is 16.6. The predicted molar refractivity (Wildman–Crippen MR) is 106 cm³/mol. The van der Waals surface area contributed by atoms with Crippen molar-refractivity contribution in [2.75, 3.05) is 6.54 Å². The maximum absolute atomic E-state index is 13.0. The summed E-state index contributed by atoms with van der Waals surface area (Å²) in [4.78, 5) is 4.56. The lowest BCUT2D eigenvalue weighted by Crippen LogP contribution is -2.26. The Bertz CT molecular complexity index is 1010. The van der Waals surface area contributed by atoms with E-state index in [0.29, 0.717) is 29.6 Å². The molecule has 0 aliphatic rings. The minimum atomic E-state index is -3.58. The summed E-state index contributed by atoms with van der Waals surface area (Å²) in [5.41, 5.74) is 1.80. The molecular formula is C20H23FN4O2S. The fraction of sp³-hybridized carbons (Fsp3) is 0.300. The van der Waals surface area contributed by atoms with Crippen molar-refractivity contribution in [1.82, 2.24) is 19.9 Å². The molecule has 3 aromatic rings. The number of aromatic nitrogens is 3. The smallest absolute Gasteiger partial charge is 0.240 e. The molecule has 2 aromatic carbocycles. The van der Waals surface area contributed by atoms with Crippen LogP contribution in [0.2, 0.25) is 0 Å². The molecule has 0 bridgehead atoms. The monoisotopic (exact) mass is 402 g/mol. The summed E-state index contributed by atoms with van der Waals surface area (Å²) in [6, 6.07) is 12.8. The molecule has 28 heavy (non-hydrogen) atoms. The van der Waals surface area contributed by atoms with Gasteiger partial charge in [0, 0.05) is 18.5 Å². The number of aromatic amines is 1. The molecule has 0 radical (unpaired) electrons. The third-order valence-corrected chi connectivity index (χ3v) is 5.64. The number of nitrogens with zero attached hydrogens (tertiary/aromatic N) is 2. The Morgan fingerprint density at radius 1 is 1.07 bits per heavy atom. The van der Waals surface area contributed by atoms with E-state index in [-0.39, 0.29) is 17.3 Å². The van der Waals surface area contributed by atoms with E-state index in [4.69, 9.17) is 0 Å². The van der Waals surface area contributed by atoms with E-state index in [1.807, 2.05) is 12.1 Å². The highest BCUT2D eigenvalue weighted by atomic mass is 32.2. The molecule has 0 unspecified atom stereocenters. The van der Waals surface area contributed by atoms with Crippen molar-refractivity contribution in [1.29, 1.82) is 0 Å². The highest BCUT2D eigenvalue weighted by Crippen LogP contribution is 2.16. The lowest BCUT2D eigenvalue weighted by atomic mass is 10.0. The lowest BCUT2D eigenvalue weighted by molar-refractivity contribution is 0.580. The molecule has 0 amide bonds.